The highest BCUT2D eigenvalue weighted by Crippen LogP contribution is 2.30. The lowest BCUT2D eigenvalue weighted by Crippen LogP contribution is -2.31. The van der Waals surface area contributed by atoms with Crippen molar-refractivity contribution in [3.8, 4) is 0 Å². The Balaban J connectivity index is 1.55. The van der Waals surface area contributed by atoms with E-state index < -0.39 is 0 Å². The van der Waals surface area contributed by atoms with Gasteiger partial charge in [-0.2, -0.15) is 5.10 Å². The molecule has 2 aromatic rings. The van der Waals surface area contributed by atoms with Crippen molar-refractivity contribution in [1.82, 2.24) is 15.1 Å². The quantitative estimate of drug-likeness (QED) is 0.893. The standard InChI is InChI=1S/C17H20N4O/c1-21-16-4-2-3-15(13(16)10-19-21)20-17(22)12-5-6-14-11(9-12)7-8-18-14/h5-6,9-10,15,18H,2-4,7-8H2,1H3,(H,20,22). The highest BCUT2D eigenvalue weighted by atomic mass is 16.1. The van der Waals surface area contributed by atoms with E-state index in [1.54, 1.807) is 0 Å². The van der Waals surface area contributed by atoms with Gasteiger partial charge < -0.3 is 10.6 Å². The summed E-state index contributed by atoms with van der Waals surface area (Å²) in [5, 5.41) is 10.8. The zero-order valence-corrected chi connectivity index (χ0v) is 12.7. The van der Waals surface area contributed by atoms with Crippen LogP contribution in [0.5, 0.6) is 0 Å². The van der Waals surface area contributed by atoms with Crippen LogP contribution in [0.4, 0.5) is 5.69 Å². The van der Waals surface area contributed by atoms with E-state index in [1.807, 2.05) is 36.1 Å². The molecular formula is C17H20N4O. The third-order valence-electron chi connectivity index (χ3n) is 4.76. The second-order valence-electron chi connectivity index (χ2n) is 6.14. The predicted molar refractivity (Wildman–Crippen MR) is 85.0 cm³/mol. The second kappa shape index (κ2) is 5.16. The third-order valence-corrected chi connectivity index (χ3v) is 4.76. The van der Waals surface area contributed by atoms with Gasteiger partial charge >= 0.3 is 0 Å². The van der Waals surface area contributed by atoms with Gasteiger partial charge in [0.1, 0.15) is 0 Å². The van der Waals surface area contributed by atoms with Gasteiger partial charge in [-0.25, -0.2) is 0 Å². The lowest BCUT2D eigenvalue weighted by molar-refractivity contribution is 0.0932. The minimum absolute atomic E-state index is 0.0106. The van der Waals surface area contributed by atoms with Gasteiger partial charge in [-0.3, -0.25) is 9.48 Å². The Labute approximate surface area is 129 Å². The van der Waals surface area contributed by atoms with Crippen molar-refractivity contribution >= 4 is 11.6 Å². The van der Waals surface area contributed by atoms with Crippen molar-refractivity contribution in [2.75, 3.05) is 11.9 Å². The van der Waals surface area contributed by atoms with Gasteiger partial charge in [-0.1, -0.05) is 0 Å². The molecule has 1 atom stereocenters. The van der Waals surface area contributed by atoms with Crippen LogP contribution in [0.2, 0.25) is 0 Å². The van der Waals surface area contributed by atoms with E-state index in [-0.39, 0.29) is 11.9 Å². The molecule has 0 spiro atoms. The van der Waals surface area contributed by atoms with E-state index in [0.29, 0.717) is 0 Å². The Morgan fingerprint density at radius 3 is 3.23 bits per heavy atom. The van der Waals surface area contributed by atoms with Crippen molar-refractivity contribution in [3.05, 3.63) is 46.8 Å². The number of fused-ring (bicyclic) bond motifs is 2. The van der Waals surface area contributed by atoms with E-state index in [0.717, 1.165) is 43.5 Å². The summed E-state index contributed by atoms with van der Waals surface area (Å²) in [5.74, 6) is 0.0106. The van der Waals surface area contributed by atoms with E-state index in [1.165, 1.54) is 16.8 Å². The maximum atomic E-state index is 12.6. The fourth-order valence-electron chi connectivity index (χ4n) is 3.54. The molecule has 1 unspecified atom stereocenters. The topological polar surface area (TPSA) is 59.0 Å². The first-order valence-electron chi connectivity index (χ1n) is 7.91. The molecule has 0 saturated heterocycles. The largest absolute Gasteiger partial charge is 0.384 e. The number of nitrogens with one attached hydrogen (secondary N) is 2. The van der Waals surface area contributed by atoms with Gasteiger partial charge in [-0.05, 0) is 49.4 Å². The smallest absolute Gasteiger partial charge is 0.251 e. The summed E-state index contributed by atoms with van der Waals surface area (Å²) in [6.07, 6.45) is 6.00. The van der Waals surface area contributed by atoms with Crippen molar-refractivity contribution in [2.24, 2.45) is 7.05 Å². The summed E-state index contributed by atoms with van der Waals surface area (Å²) in [6.45, 7) is 0.960. The Hall–Kier alpha value is -2.30. The number of carbonyl (C=O) groups is 1. The molecule has 5 heteroatoms. The van der Waals surface area contributed by atoms with Crippen LogP contribution >= 0.6 is 0 Å². The number of hydrogen-bond acceptors (Lipinski definition) is 3. The average molecular weight is 296 g/mol. The van der Waals surface area contributed by atoms with Crippen LogP contribution in [0.15, 0.2) is 24.4 Å². The summed E-state index contributed by atoms with van der Waals surface area (Å²) >= 11 is 0. The molecule has 22 heavy (non-hydrogen) atoms. The third kappa shape index (κ3) is 2.17. The van der Waals surface area contributed by atoms with Gasteiger partial charge in [0.05, 0.1) is 12.2 Å². The van der Waals surface area contributed by atoms with Crippen molar-refractivity contribution < 1.29 is 4.79 Å². The van der Waals surface area contributed by atoms with Crippen LogP contribution in [-0.2, 0) is 19.9 Å². The maximum absolute atomic E-state index is 12.6. The lowest BCUT2D eigenvalue weighted by atomic mass is 9.92. The minimum Gasteiger partial charge on any atom is -0.384 e. The highest BCUT2D eigenvalue weighted by Gasteiger charge is 2.25. The summed E-state index contributed by atoms with van der Waals surface area (Å²) < 4.78 is 1.93. The van der Waals surface area contributed by atoms with Crippen LogP contribution in [-0.4, -0.2) is 22.2 Å². The molecule has 0 saturated carbocycles. The molecular weight excluding hydrogens is 276 g/mol. The molecule has 0 fully saturated rings. The summed E-state index contributed by atoms with van der Waals surface area (Å²) in [4.78, 5) is 12.6. The van der Waals surface area contributed by atoms with Crippen molar-refractivity contribution in [3.63, 3.8) is 0 Å². The van der Waals surface area contributed by atoms with Crippen LogP contribution < -0.4 is 10.6 Å². The molecule has 0 radical (unpaired) electrons. The molecule has 2 N–H and O–H groups in total. The molecule has 1 aromatic heterocycles. The summed E-state index contributed by atoms with van der Waals surface area (Å²) in [6, 6.07) is 6.00. The van der Waals surface area contributed by atoms with Crippen molar-refractivity contribution in [1.29, 1.82) is 0 Å². The number of amides is 1. The number of aryl methyl sites for hydroxylation is 1. The van der Waals surface area contributed by atoms with Crippen LogP contribution in [0.1, 0.15) is 46.1 Å². The molecule has 114 valence electrons. The molecule has 5 nitrogen and oxygen atoms in total. The Morgan fingerprint density at radius 2 is 2.32 bits per heavy atom. The van der Waals surface area contributed by atoms with Gasteiger partial charge in [0.15, 0.2) is 0 Å². The average Bonchev–Trinajstić information content (AvgIpc) is 3.14. The monoisotopic (exact) mass is 296 g/mol. The Morgan fingerprint density at radius 1 is 1.41 bits per heavy atom. The minimum atomic E-state index is 0.0106. The summed E-state index contributed by atoms with van der Waals surface area (Å²) in [5.41, 5.74) is 5.56. The molecule has 1 aliphatic carbocycles. The number of hydrogen-bond donors (Lipinski definition) is 2. The first kappa shape index (κ1) is 13.4. The van der Waals surface area contributed by atoms with Gasteiger partial charge in [0.25, 0.3) is 5.91 Å². The Kier molecular flexibility index (Phi) is 3.13. The van der Waals surface area contributed by atoms with Gasteiger partial charge in [-0.15, -0.1) is 0 Å². The van der Waals surface area contributed by atoms with E-state index in [4.69, 9.17) is 0 Å². The number of anilines is 1. The molecule has 4 rings (SSSR count). The molecule has 2 heterocycles. The Bertz CT molecular complexity index is 734. The fourth-order valence-corrected chi connectivity index (χ4v) is 3.54. The molecule has 2 aliphatic rings. The normalized spacial score (nSPS) is 19.2. The van der Waals surface area contributed by atoms with E-state index >= 15 is 0 Å². The summed E-state index contributed by atoms with van der Waals surface area (Å²) in [7, 11) is 1.97. The molecule has 1 aliphatic heterocycles. The number of benzene rings is 1. The fraction of sp³-hybridized carbons (Fsp3) is 0.412. The predicted octanol–water partition coefficient (Wildman–Crippen LogP) is 2.20. The SMILES string of the molecule is Cn1ncc2c1CCCC2NC(=O)c1ccc2c(c1)CCN2. The van der Waals surface area contributed by atoms with Crippen LogP contribution in [0.25, 0.3) is 0 Å². The maximum Gasteiger partial charge on any atom is 0.251 e. The second-order valence-corrected chi connectivity index (χ2v) is 6.14. The van der Waals surface area contributed by atoms with E-state index in [2.05, 4.69) is 15.7 Å². The van der Waals surface area contributed by atoms with E-state index in [9.17, 15) is 4.79 Å². The van der Waals surface area contributed by atoms with Gasteiger partial charge in [0.2, 0.25) is 0 Å². The zero-order valence-electron chi connectivity index (χ0n) is 12.7. The molecule has 0 bridgehead atoms. The number of nitrogens with zero attached hydrogens (tertiary/aromatic N) is 2. The number of aromatic nitrogens is 2. The highest BCUT2D eigenvalue weighted by molar-refractivity contribution is 5.95. The lowest BCUT2D eigenvalue weighted by Gasteiger charge is -2.24. The van der Waals surface area contributed by atoms with Gasteiger partial charge in [0, 0.05) is 36.1 Å². The molecule has 1 amide bonds. The van der Waals surface area contributed by atoms with Crippen LogP contribution in [0, 0.1) is 0 Å². The number of carbonyl (C=O) groups excluding carboxylic acids is 1. The van der Waals surface area contributed by atoms with Crippen molar-refractivity contribution in [2.45, 2.75) is 31.7 Å². The zero-order chi connectivity index (χ0) is 15.1. The first-order chi connectivity index (χ1) is 10.7. The first-order valence-corrected chi connectivity index (χ1v) is 7.91. The number of rotatable bonds is 2. The molecule has 1 aromatic carbocycles. The van der Waals surface area contributed by atoms with Crippen LogP contribution in [0.3, 0.4) is 0 Å².